The SMILES string of the molecule is C#CC(C)NC1CC(OC)C1. The molecule has 11 heavy (non-hydrogen) atoms. The second-order valence-corrected chi connectivity index (χ2v) is 3.08. The van der Waals surface area contributed by atoms with E-state index in [-0.39, 0.29) is 6.04 Å². The summed E-state index contributed by atoms with van der Waals surface area (Å²) in [6.45, 7) is 2.00. The number of nitrogens with one attached hydrogen (secondary N) is 1. The molecule has 1 rings (SSSR count). The largest absolute Gasteiger partial charge is 0.381 e. The van der Waals surface area contributed by atoms with E-state index in [2.05, 4.69) is 11.2 Å². The molecule has 0 saturated heterocycles. The minimum absolute atomic E-state index is 0.192. The van der Waals surface area contributed by atoms with E-state index < -0.39 is 0 Å². The second-order valence-electron chi connectivity index (χ2n) is 3.08. The van der Waals surface area contributed by atoms with Crippen LogP contribution < -0.4 is 5.32 Å². The van der Waals surface area contributed by atoms with Crippen molar-refractivity contribution >= 4 is 0 Å². The van der Waals surface area contributed by atoms with E-state index in [0.717, 1.165) is 12.8 Å². The van der Waals surface area contributed by atoms with Gasteiger partial charge in [-0.15, -0.1) is 6.42 Å². The predicted molar refractivity (Wildman–Crippen MR) is 45.2 cm³/mol. The standard InChI is InChI=1S/C9H15NO/c1-4-7(2)10-8-5-9(6-8)11-3/h1,7-10H,5-6H2,2-3H3. The van der Waals surface area contributed by atoms with Crippen LogP contribution in [0.4, 0.5) is 0 Å². The summed E-state index contributed by atoms with van der Waals surface area (Å²) < 4.78 is 5.14. The van der Waals surface area contributed by atoms with Gasteiger partial charge in [-0.3, -0.25) is 0 Å². The first-order valence-electron chi connectivity index (χ1n) is 4.01. The fraction of sp³-hybridized carbons (Fsp3) is 0.778. The van der Waals surface area contributed by atoms with Crippen molar-refractivity contribution in [3.63, 3.8) is 0 Å². The maximum atomic E-state index is 5.22. The van der Waals surface area contributed by atoms with E-state index in [1.54, 1.807) is 7.11 Å². The Labute approximate surface area is 68.3 Å². The molecule has 62 valence electrons. The van der Waals surface area contributed by atoms with Gasteiger partial charge in [0.15, 0.2) is 0 Å². The number of rotatable bonds is 3. The number of hydrogen-bond donors (Lipinski definition) is 1. The van der Waals surface area contributed by atoms with Crippen molar-refractivity contribution in [1.29, 1.82) is 0 Å². The summed E-state index contributed by atoms with van der Waals surface area (Å²) in [6, 6.07) is 0.767. The van der Waals surface area contributed by atoms with Crippen molar-refractivity contribution in [2.45, 2.75) is 38.0 Å². The summed E-state index contributed by atoms with van der Waals surface area (Å²) in [5.74, 6) is 2.64. The lowest BCUT2D eigenvalue weighted by molar-refractivity contribution is 0.0164. The zero-order chi connectivity index (χ0) is 8.27. The molecule has 1 atom stereocenters. The molecule has 1 saturated carbocycles. The molecule has 0 aliphatic heterocycles. The van der Waals surface area contributed by atoms with Crippen LogP contribution in [0.1, 0.15) is 19.8 Å². The topological polar surface area (TPSA) is 21.3 Å². The normalized spacial score (nSPS) is 32.1. The van der Waals surface area contributed by atoms with Crippen molar-refractivity contribution in [1.82, 2.24) is 5.32 Å². The Morgan fingerprint density at radius 3 is 2.73 bits per heavy atom. The molecule has 0 aromatic rings. The van der Waals surface area contributed by atoms with Crippen LogP contribution in [0.3, 0.4) is 0 Å². The molecule has 0 bridgehead atoms. The highest BCUT2D eigenvalue weighted by molar-refractivity contribution is 4.99. The van der Waals surface area contributed by atoms with E-state index in [1.807, 2.05) is 6.92 Å². The zero-order valence-electron chi connectivity index (χ0n) is 7.13. The molecule has 1 aliphatic carbocycles. The summed E-state index contributed by atoms with van der Waals surface area (Å²) in [5.41, 5.74) is 0. The van der Waals surface area contributed by atoms with E-state index >= 15 is 0 Å². The average Bonchev–Trinajstić information content (AvgIpc) is 1.95. The first kappa shape index (κ1) is 8.58. The Bertz CT molecular complexity index is 155. The van der Waals surface area contributed by atoms with Crippen LogP contribution in [0.2, 0.25) is 0 Å². The lowest BCUT2D eigenvalue weighted by atomic mass is 9.89. The van der Waals surface area contributed by atoms with Crippen LogP contribution in [-0.2, 0) is 4.74 Å². The third kappa shape index (κ3) is 2.21. The summed E-state index contributed by atoms with van der Waals surface area (Å²) in [4.78, 5) is 0. The lowest BCUT2D eigenvalue weighted by Gasteiger charge is -2.35. The van der Waals surface area contributed by atoms with E-state index in [0.29, 0.717) is 12.1 Å². The Morgan fingerprint density at radius 2 is 2.27 bits per heavy atom. The number of methoxy groups -OCH3 is 1. The van der Waals surface area contributed by atoms with E-state index in [9.17, 15) is 0 Å². The van der Waals surface area contributed by atoms with Gasteiger partial charge in [0.05, 0.1) is 12.1 Å². The van der Waals surface area contributed by atoms with Gasteiger partial charge < -0.3 is 10.1 Å². The number of ether oxygens (including phenoxy) is 1. The molecule has 0 aromatic carbocycles. The molecule has 0 aromatic heterocycles. The summed E-state index contributed by atoms with van der Waals surface area (Å²) >= 11 is 0. The van der Waals surface area contributed by atoms with Crippen molar-refractivity contribution in [2.75, 3.05) is 7.11 Å². The molecule has 1 fully saturated rings. The number of terminal acetylenes is 1. The fourth-order valence-corrected chi connectivity index (χ4v) is 1.30. The second kappa shape index (κ2) is 3.75. The van der Waals surface area contributed by atoms with E-state index in [1.165, 1.54) is 0 Å². The third-order valence-electron chi connectivity index (χ3n) is 2.16. The maximum absolute atomic E-state index is 5.22. The van der Waals surface area contributed by atoms with E-state index in [4.69, 9.17) is 11.2 Å². The quantitative estimate of drug-likeness (QED) is 0.605. The van der Waals surface area contributed by atoms with Gasteiger partial charge in [-0.2, -0.15) is 0 Å². The Balaban J connectivity index is 2.10. The molecule has 2 nitrogen and oxygen atoms in total. The van der Waals surface area contributed by atoms with Gasteiger partial charge in [0.25, 0.3) is 0 Å². The highest BCUT2D eigenvalue weighted by Crippen LogP contribution is 2.22. The minimum atomic E-state index is 0.192. The molecule has 2 heteroatoms. The molecule has 0 radical (unpaired) electrons. The Hall–Kier alpha value is -0.520. The van der Waals surface area contributed by atoms with Crippen LogP contribution in [-0.4, -0.2) is 25.3 Å². The van der Waals surface area contributed by atoms with Gasteiger partial charge in [0.1, 0.15) is 0 Å². The first-order valence-corrected chi connectivity index (χ1v) is 4.01. The number of hydrogen-bond acceptors (Lipinski definition) is 2. The first-order chi connectivity index (χ1) is 5.26. The smallest absolute Gasteiger partial charge is 0.0660 e. The van der Waals surface area contributed by atoms with Crippen molar-refractivity contribution in [2.24, 2.45) is 0 Å². The molecule has 1 unspecified atom stereocenters. The van der Waals surface area contributed by atoms with Crippen LogP contribution in [0, 0.1) is 12.3 Å². The van der Waals surface area contributed by atoms with Crippen molar-refractivity contribution < 1.29 is 4.74 Å². The maximum Gasteiger partial charge on any atom is 0.0660 e. The average molecular weight is 153 g/mol. The van der Waals surface area contributed by atoms with Gasteiger partial charge in [-0.25, -0.2) is 0 Å². The third-order valence-corrected chi connectivity index (χ3v) is 2.16. The van der Waals surface area contributed by atoms with Gasteiger partial charge >= 0.3 is 0 Å². The van der Waals surface area contributed by atoms with Crippen molar-refractivity contribution in [3.05, 3.63) is 0 Å². The summed E-state index contributed by atoms with van der Waals surface area (Å²) in [5, 5.41) is 3.31. The monoisotopic (exact) mass is 153 g/mol. The molecular formula is C9H15NO. The fourth-order valence-electron chi connectivity index (χ4n) is 1.30. The van der Waals surface area contributed by atoms with Gasteiger partial charge in [0.2, 0.25) is 0 Å². The summed E-state index contributed by atoms with van der Waals surface area (Å²) in [7, 11) is 1.76. The highest BCUT2D eigenvalue weighted by Gasteiger charge is 2.29. The Kier molecular flexibility index (Phi) is 2.92. The summed E-state index contributed by atoms with van der Waals surface area (Å²) in [6.07, 6.45) is 7.88. The molecule has 0 spiro atoms. The van der Waals surface area contributed by atoms with Crippen LogP contribution in [0.15, 0.2) is 0 Å². The van der Waals surface area contributed by atoms with Gasteiger partial charge in [-0.1, -0.05) is 5.92 Å². The molecule has 1 aliphatic rings. The van der Waals surface area contributed by atoms with Crippen LogP contribution in [0.25, 0.3) is 0 Å². The predicted octanol–water partition coefficient (Wildman–Crippen LogP) is 0.775. The van der Waals surface area contributed by atoms with Gasteiger partial charge in [0, 0.05) is 13.2 Å². The Morgan fingerprint density at radius 1 is 1.64 bits per heavy atom. The molecular weight excluding hydrogens is 138 g/mol. The van der Waals surface area contributed by atoms with Crippen molar-refractivity contribution in [3.8, 4) is 12.3 Å². The highest BCUT2D eigenvalue weighted by atomic mass is 16.5. The molecule has 0 heterocycles. The lowest BCUT2D eigenvalue weighted by Crippen LogP contribution is -2.47. The van der Waals surface area contributed by atoms with Gasteiger partial charge in [-0.05, 0) is 19.8 Å². The van der Waals surface area contributed by atoms with Crippen LogP contribution in [0.5, 0.6) is 0 Å². The molecule has 1 N–H and O–H groups in total. The van der Waals surface area contributed by atoms with Crippen LogP contribution >= 0.6 is 0 Å². The molecule has 0 amide bonds. The zero-order valence-corrected chi connectivity index (χ0v) is 7.13. The minimum Gasteiger partial charge on any atom is -0.381 e.